The number of nitrogens with two attached hydrogens (primary N) is 1. The molecule has 2 unspecified atom stereocenters. The van der Waals surface area contributed by atoms with Crippen LogP contribution in [0.2, 0.25) is 0 Å². The zero-order chi connectivity index (χ0) is 17.8. The van der Waals surface area contributed by atoms with Crippen LogP contribution in [-0.4, -0.2) is 34.6 Å². The second kappa shape index (κ2) is 5.11. The number of hydrogen-bond donors (Lipinski definition) is 1. The van der Waals surface area contributed by atoms with Crippen molar-refractivity contribution in [1.82, 2.24) is 0 Å². The van der Waals surface area contributed by atoms with Gasteiger partial charge in [-0.05, 0) is 6.08 Å². The molecular formula is C10H6BrF10N. The van der Waals surface area contributed by atoms with Gasteiger partial charge in [0.2, 0.25) is 0 Å². The first-order chi connectivity index (χ1) is 9.48. The van der Waals surface area contributed by atoms with E-state index in [1.165, 1.54) is 0 Å². The Morgan fingerprint density at radius 2 is 1.32 bits per heavy atom. The van der Waals surface area contributed by atoms with Gasteiger partial charge in [-0.2, -0.15) is 39.5 Å². The molecule has 0 spiro atoms. The zero-order valence-corrected chi connectivity index (χ0v) is 11.6. The molecule has 0 fully saturated rings. The van der Waals surface area contributed by atoms with Gasteiger partial charge in [0.15, 0.2) is 4.32 Å². The van der Waals surface area contributed by atoms with Gasteiger partial charge in [0.05, 0.1) is 6.04 Å². The summed E-state index contributed by atoms with van der Waals surface area (Å²) in [6.07, 6.45) is -18.8. The first-order valence-electron chi connectivity index (χ1n) is 5.23. The smallest absolute Gasteiger partial charge is 0.323 e. The molecule has 0 aromatic rings. The number of rotatable bonds is 1. The quantitative estimate of drug-likeness (QED) is 0.506. The third-order valence-corrected chi connectivity index (χ3v) is 4.15. The van der Waals surface area contributed by atoms with Gasteiger partial charge in [0.1, 0.15) is 0 Å². The summed E-state index contributed by atoms with van der Waals surface area (Å²) in [6, 6.07) is -2.04. The maximum atomic E-state index is 13.8. The van der Waals surface area contributed by atoms with Gasteiger partial charge in [0, 0.05) is 5.57 Å². The molecular weight excluding hydrogens is 404 g/mol. The molecule has 0 saturated heterocycles. The fourth-order valence-electron chi connectivity index (χ4n) is 1.69. The van der Waals surface area contributed by atoms with Gasteiger partial charge >= 0.3 is 24.2 Å². The van der Waals surface area contributed by atoms with Crippen LogP contribution in [0.4, 0.5) is 43.9 Å². The summed E-state index contributed by atoms with van der Waals surface area (Å²) in [6.45, 7) is 0. The van der Waals surface area contributed by atoms with Crippen LogP contribution in [0, 0.1) is 0 Å². The Bertz CT molecular complexity index is 485. The molecule has 0 aromatic carbocycles. The van der Waals surface area contributed by atoms with Crippen LogP contribution in [-0.2, 0) is 0 Å². The highest BCUT2D eigenvalue weighted by Gasteiger charge is 2.75. The van der Waals surface area contributed by atoms with Gasteiger partial charge in [-0.25, -0.2) is 4.39 Å². The lowest BCUT2D eigenvalue weighted by Crippen LogP contribution is -2.58. The molecule has 0 saturated carbocycles. The highest BCUT2D eigenvalue weighted by atomic mass is 79.9. The molecule has 22 heavy (non-hydrogen) atoms. The van der Waals surface area contributed by atoms with Crippen molar-refractivity contribution in [3.63, 3.8) is 0 Å². The van der Waals surface area contributed by atoms with Crippen LogP contribution in [0.5, 0.6) is 0 Å². The highest BCUT2D eigenvalue weighted by Crippen LogP contribution is 2.54. The molecule has 1 nitrogen and oxygen atoms in total. The lowest BCUT2D eigenvalue weighted by molar-refractivity contribution is -0.325. The first-order valence-corrected chi connectivity index (χ1v) is 6.03. The molecule has 0 radical (unpaired) electrons. The van der Waals surface area contributed by atoms with Gasteiger partial charge in [-0.15, -0.1) is 0 Å². The van der Waals surface area contributed by atoms with Crippen molar-refractivity contribution >= 4 is 15.9 Å². The number of allylic oxidation sites excluding steroid dienone is 2. The van der Waals surface area contributed by atoms with Gasteiger partial charge in [-0.3, -0.25) is 0 Å². The molecule has 0 amide bonds. The normalized spacial score (nSPS) is 27.8. The van der Waals surface area contributed by atoms with E-state index >= 15 is 0 Å². The predicted molar refractivity (Wildman–Crippen MR) is 58.9 cm³/mol. The summed E-state index contributed by atoms with van der Waals surface area (Å²) in [5.74, 6) is 0. The van der Waals surface area contributed by atoms with Crippen LogP contribution in [0.15, 0.2) is 23.8 Å². The van der Waals surface area contributed by atoms with Gasteiger partial charge < -0.3 is 5.73 Å². The molecule has 2 N–H and O–H groups in total. The zero-order valence-electron chi connectivity index (χ0n) is 10.0. The van der Waals surface area contributed by atoms with Crippen molar-refractivity contribution < 1.29 is 43.9 Å². The Balaban J connectivity index is 3.59. The average molecular weight is 410 g/mol. The third-order valence-electron chi connectivity index (χ3n) is 2.95. The van der Waals surface area contributed by atoms with E-state index in [0.29, 0.717) is 0 Å². The van der Waals surface area contributed by atoms with Gasteiger partial charge in [0.25, 0.3) is 0 Å². The van der Waals surface area contributed by atoms with E-state index in [2.05, 4.69) is 0 Å². The van der Waals surface area contributed by atoms with E-state index in [4.69, 9.17) is 5.73 Å². The lowest BCUT2D eigenvalue weighted by Gasteiger charge is -2.38. The molecule has 1 aliphatic rings. The highest BCUT2D eigenvalue weighted by molar-refractivity contribution is 9.10. The summed E-state index contributed by atoms with van der Waals surface area (Å²) in [4.78, 5) is 0. The van der Waals surface area contributed by atoms with Crippen molar-refractivity contribution in [3.05, 3.63) is 23.8 Å². The van der Waals surface area contributed by atoms with Crippen molar-refractivity contribution in [2.45, 2.75) is 34.6 Å². The minimum atomic E-state index is -6.51. The topological polar surface area (TPSA) is 26.0 Å². The standard InChI is InChI=1S/C10H6BrF10N/c11-6(8(13,14)15)3-4(1-2-5(6)22)7(12,9(16,17)18)10(19,20)21/h1-3,5H,22H2. The summed E-state index contributed by atoms with van der Waals surface area (Å²) in [5, 5.41) is 0. The van der Waals surface area contributed by atoms with Crippen LogP contribution in [0.1, 0.15) is 0 Å². The van der Waals surface area contributed by atoms with Gasteiger partial charge in [-0.1, -0.05) is 28.1 Å². The fraction of sp³-hybridized carbons (Fsp3) is 0.600. The minimum Gasteiger partial charge on any atom is -0.323 e. The summed E-state index contributed by atoms with van der Waals surface area (Å²) < 4.78 is 124. The minimum absolute atomic E-state index is 0.0586. The SMILES string of the molecule is NC1C=CC(C(F)(C(F)(F)F)C(F)(F)F)=CC1(Br)C(F)(F)F. The van der Waals surface area contributed by atoms with Crippen LogP contribution in [0.3, 0.4) is 0 Å². The molecule has 12 heteroatoms. The Morgan fingerprint density at radius 3 is 1.64 bits per heavy atom. The third kappa shape index (κ3) is 2.74. The van der Waals surface area contributed by atoms with E-state index in [1.807, 2.05) is 15.9 Å². The Labute approximate surface area is 125 Å². The number of alkyl halides is 11. The monoisotopic (exact) mass is 409 g/mol. The molecule has 0 aromatic heterocycles. The lowest BCUT2D eigenvalue weighted by atomic mass is 9.83. The maximum absolute atomic E-state index is 13.8. The van der Waals surface area contributed by atoms with E-state index in [1.54, 1.807) is 0 Å². The Hall–Kier alpha value is -0.780. The van der Waals surface area contributed by atoms with Crippen LogP contribution < -0.4 is 5.73 Å². The number of halogens is 11. The fourth-order valence-corrected chi connectivity index (χ4v) is 2.09. The molecule has 1 aliphatic carbocycles. The second-order valence-electron chi connectivity index (χ2n) is 4.40. The van der Waals surface area contributed by atoms with Crippen LogP contribution >= 0.6 is 15.9 Å². The average Bonchev–Trinajstić information content (AvgIpc) is 2.27. The van der Waals surface area contributed by atoms with E-state index in [-0.39, 0.29) is 12.2 Å². The molecule has 1 rings (SSSR count). The molecule has 2 atom stereocenters. The largest absolute Gasteiger partial charge is 0.435 e. The predicted octanol–water partition coefficient (Wildman–Crippen LogP) is 4.34. The van der Waals surface area contributed by atoms with Crippen molar-refractivity contribution in [1.29, 1.82) is 0 Å². The maximum Gasteiger partial charge on any atom is 0.435 e. The van der Waals surface area contributed by atoms with Crippen molar-refractivity contribution in [2.24, 2.45) is 5.73 Å². The number of hydrogen-bond acceptors (Lipinski definition) is 1. The second-order valence-corrected chi connectivity index (χ2v) is 5.72. The Morgan fingerprint density at radius 1 is 0.909 bits per heavy atom. The molecule has 0 aliphatic heterocycles. The molecule has 0 bridgehead atoms. The molecule has 0 heterocycles. The summed E-state index contributed by atoms with van der Waals surface area (Å²) >= 11 is 1.97. The first kappa shape index (κ1) is 19.3. The van der Waals surface area contributed by atoms with Crippen molar-refractivity contribution in [3.8, 4) is 0 Å². The molecule has 128 valence electrons. The summed E-state index contributed by atoms with van der Waals surface area (Å²) in [5.41, 5.74) is -3.16. The Kier molecular flexibility index (Phi) is 4.48. The van der Waals surface area contributed by atoms with Crippen molar-refractivity contribution in [2.75, 3.05) is 0 Å². The van der Waals surface area contributed by atoms with E-state index in [0.717, 1.165) is 0 Å². The van der Waals surface area contributed by atoms with E-state index < -0.39 is 46.2 Å². The van der Waals surface area contributed by atoms with Crippen LogP contribution in [0.25, 0.3) is 0 Å². The van der Waals surface area contributed by atoms with E-state index in [9.17, 15) is 43.9 Å². The summed E-state index contributed by atoms with van der Waals surface area (Å²) in [7, 11) is 0.